The average molecular weight is 444 g/mol. The zero-order valence-electron chi connectivity index (χ0n) is 16.8. The Balaban J connectivity index is 1.45. The molecular formula is C21H25N5O2S2. The van der Waals surface area contributed by atoms with Gasteiger partial charge in [0.2, 0.25) is 5.91 Å². The Labute approximate surface area is 184 Å². The van der Waals surface area contributed by atoms with Crippen LogP contribution in [0.5, 0.6) is 5.75 Å². The summed E-state index contributed by atoms with van der Waals surface area (Å²) in [6.07, 6.45) is 2.38. The molecule has 7 nitrogen and oxygen atoms in total. The number of aromatic amines is 1. The van der Waals surface area contributed by atoms with E-state index in [1.807, 2.05) is 29.6 Å². The summed E-state index contributed by atoms with van der Waals surface area (Å²) in [6, 6.07) is 12.2. The highest BCUT2D eigenvalue weighted by atomic mass is 32.1. The number of aromatic nitrogens is 3. The Kier molecular flexibility index (Phi) is 6.61. The standard InChI is InChI=1S/C21H25N5O2S2/c1-28-16-8-6-15(7-9-16)17(25-10-2-3-11-25)13-22-19(27)14-26-20(23-24-21(26)29)18-5-4-12-30-18/h4-9,12,17H,2-3,10-11,13-14H2,1H3,(H,22,27)(H,24,29). The molecule has 0 saturated carbocycles. The Morgan fingerprint density at radius 3 is 2.73 bits per heavy atom. The van der Waals surface area contributed by atoms with Crippen molar-refractivity contribution in [2.75, 3.05) is 26.7 Å². The number of benzene rings is 1. The first kappa shape index (κ1) is 20.8. The molecule has 1 fully saturated rings. The van der Waals surface area contributed by atoms with E-state index in [2.05, 4.69) is 32.5 Å². The van der Waals surface area contributed by atoms with Gasteiger partial charge in [0.15, 0.2) is 10.6 Å². The van der Waals surface area contributed by atoms with Gasteiger partial charge >= 0.3 is 0 Å². The summed E-state index contributed by atoms with van der Waals surface area (Å²) in [5, 5.41) is 12.2. The van der Waals surface area contributed by atoms with E-state index in [0.717, 1.165) is 23.7 Å². The number of carbonyl (C=O) groups excluding carboxylic acids is 1. The number of likely N-dealkylation sites (tertiary alicyclic amines) is 1. The molecule has 0 radical (unpaired) electrons. The third kappa shape index (κ3) is 4.63. The van der Waals surface area contributed by atoms with Crippen LogP contribution in [0.4, 0.5) is 0 Å². The second-order valence-electron chi connectivity index (χ2n) is 7.25. The number of nitrogens with zero attached hydrogens (tertiary/aromatic N) is 3. The zero-order chi connectivity index (χ0) is 20.9. The Hall–Kier alpha value is -2.49. The summed E-state index contributed by atoms with van der Waals surface area (Å²) in [5.41, 5.74) is 1.18. The molecule has 1 aromatic carbocycles. The molecule has 1 aliphatic heterocycles. The predicted molar refractivity (Wildman–Crippen MR) is 120 cm³/mol. The molecule has 2 N–H and O–H groups in total. The van der Waals surface area contributed by atoms with Gasteiger partial charge in [0.05, 0.1) is 18.0 Å². The Morgan fingerprint density at radius 1 is 1.30 bits per heavy atom. The molecule has 158 valence electrons. The molecule has 0 spiro atoms. The molecule has 1 unspecified atom stereocenters. The van der Waals surface area contributed by atoms with Gasteiger partial charge < -0.3 is 10.1 Å². The van der Waals surface area contributed by atoms with Crippen LogP contribution in [0.2, 0.25) is 0 Å². The van der Waals surface area contributed by atoms with Gasteiger partial charge in [-0.25, -0.2) is 0 Å². The van der Waals surface area contributed by atoms with Crippen molar-refractivity contribution in [2.45, 2.75) is 25.4 Å². The summed E-state index contributed by atoms with van der Waals surface area (Å²) in [7, 11) is 1.67. The van der Waals surface area contributed by atoms with Crippen molar-refractivity contribution in [3.63, 3.8) is 0 Å². The van der Waals surface area contributed by atoms with E-state index in [1.165, 1.54) is 18.4 Å². The van der Waals surface area contributed by atoms with Crippen molar-refractivity contribution in [3.05, 3.63) is 52.1 Å². The number of nitrogens with one attached hydrogen (secondary N) is 2. The summed E-state index contributed by atoms with van der Waals surface area (Å²) in [5.74, 6) is 1.44. The number of amides is 1. The first-order valence-electron chi connectivity index (χ1n) is 9.99. The molecule has 3 heterocycles. The molecule has 9 heteroatoms. The van der Waals surface area contributed by atoms with E-state index in [4.69, 9.17) is 17.0 Å². The van der Waals surface area contributed by atoms with Crippen LogP contribution >= 0.6 is 23.6 Å². The lowest BCUT2D eigenvalue weighted by Gasteiger charge is -2.28. The minimum absolute atomic E-state index is 0.0805. The van der Waals surface area contributed by atoms with Gasteiger partial charge in [-0.2, -0.15) is 5.10 Å². The third-order valence-electron chi connectivity index (χ3n) is 5.38. The Bertz CT molecular complexity index is 1020. The molecule has 2 aromatic heterocycles. The molecule has 30 heavy (non-hydrogen) atoms. The van der Waals surface area contributed by atoms with Crippen LogP contribution in [-0.2, 0) is 11.3 Å². The smallest absolute Gasteiger partial charge is 0.240 e. The minimum Gasteiger partial charge on any atom is -0.497 e. The van der Waals surface area contributed by atoms with Gasteiger partial charge in [-0.3, -0.25) is 19.4 Å². The first-order valence-corrected chi connectivity index (χ1v) is 11.3. The SMILES string of the molecule is COc1ccc(C(CNC(=O)Cn2c(-c3cccs3)n[nH]c2=S)N2CCCC2)cc1. The summed E-state index contributed by atoms with van der Waals surface area (Å²) >= 11 is 6.91. The average Bonchev–Trinajstić information content (AvgIpc) is 3.52. The number of ether oxygens (including phenoxy) is 1. The number of carbonyl (C=O) groups is 1. The molecule has 4 rings (SSSR count). The molecule has 1 atom stereocenters. The van der Waals surface area contributed by atoms with E-state index in [1.54, 1.807) is 23.0 Å². The van der Waals surface area contributed by atoms with Crippen molar-refractivity contribution in [3.8, 4) is 16.5 Å². The van der Waals surface area contributed by atoms with E-state index < -0.39 is 0 Å². The molecule has 1 amide bonds. The Morgan fingerprint density at radius 2 is 2.07 bits per heavy atom. The quantitative estimate of drug-likeness (QED) is 0.520. The predicted octanol–water partition coefficient (Wildman–Crippen LogP) is 3.63. The second kappa shape index (κ2) is 9.55. The lowest BCUT2D eigenvalue weighted by molar-refractivity contribution is -0.121. The van der Waals surface area contributed by atoms with Crippen LogP contribution in [0, 0.1) is 4.77 Å². The van der Waals surface area contributed by atoms with Crippen molar-refractivity contribution in [2.24, 2.45) is 0 Å². The van der Waals surface area contributed by atoms with Crippen LogP contribution in [0.15, 0.2) is 41.8 Å². The maximum Gasteiger partial charge on any atom is 0.240 e. The lowest BCUT2D eigenvalue weighted by Crippen LogP contribution is -2.38. The first-order chi connectivity index (χ1) is 14.7. The summed E-state index contributed by atoms with van der Waals surface area (Å²) in [4.78, 5) is 16.2. The zero-order valence-corrected chi connectivity index (χ0v) is 18.5. The normalized spacial score (nSPS) is 15.2. The largest absolute Gasteiger partial charge is 0.497 e. The van der Waals surface area contributed by atoms with E-state index in [9.17, 15) is 4.79 Å². The van der Waals surface area contributed by atoms with Crippen LogP contribution < -0.4 is 10.1 Å². The highest BCUT2D eigenvalue weighted by Gasteiger charge is 2.24. The van der Waals surface area contributed by atoms with E-state index in [0.29, 0.717) is 17.1 Å². The fraction of sp³-hybridized carbons (Fsp3) is 0.381. The monoisotopic (exact) mass is 443 g/mol. The second-order valence-corrected chi connectivity index (χ2v) is 8.59. The lowest BCUT2D eigenvalue weighted by atomic mass is 10.1. The van der Waals surface area contributed by atoms with Crippen molar-refractivity contribution < 1.29 is 9.53 Å². The molecule has 0 bridgehead atoms. The van der Waals surface area contributed by atoms with Crippen LogP contribution in [-0.4, -0.2) is 52.3 Å². The van der Waals surface area contributed by atoms with E-state index >= 15 is 0 Å². The number of hydrogen-bond donors (Lipinski definition) is 2. The van der Waals surface area contributed by atoms with Gasteiger partial charge in [0, 0.05) is 6.54 Å². The van der Waals surface area contributed by atoms with Crippen LogP contribution in [0.1, 0.15) is 24.4 Å². The van der Waals surface area contributed by atoms with Gasteiger partial charge in [-0.05, 0) is 67.3 Å². The number of rotatable bonds is 8. The molecule has 0 aliphatic carbocycles. The van der Waals surface area contributed by atoms with Crippen LogP contribution in [0.25, 0.3) is 10.7 Å². The fourth-order valence-corrected chi connectivity index (χ4v) is 4.72. The number of H-pyrrole nitrogens is 1. The van der Waals surface area contributed by atoms with Crippen LogP contribution in [0.3, 0.4) is 0 Å². The van der Waals surface area contributed by atoms with Gasteiger partial charge in [-0.1, -0.05) is 18.2 Å². The van der Waals surface area contributed by atoms with Crippen molar-refractivity contribution in [1.29, 1.82) is 0 Å². The molecule has 1 aliphatic rings. The van der Waals surface area contributed by atoms with Gasteiger partial charge in [-0.15, -0.1) is 11.3 Å². The third-order valence-corrected chi connectivity index (χ3v) is 6.55. The number of thiophene rings is 1. The van der Waals surface area contributed by atoms with Crippen molar-refractivity contribution in [1.82, 2.24) is 25.0 Å². The number of methoxy groups -OCH3 is 1. The molecule has 1 saturated heterocycles. The maximum absolute atomic E-state index is 12.8. The van der Waals surface area contributed by atoms with Gasteiger partial charge in [0.25, 0.3) is 0 Å². The fourth-order valence-electron chi connectivity index (χ4n) is 3.81. The van der Waals surface area contributed by atoms with E-state index in [-0.39, 0.29) is 18.5 Å². The topological polar surface area (TPSA) is 75.2 Å². The molecular weight excluding hydrogens is 418 g/mol. The highest BCUT2D eigenvalue weighted by molar-refractivity contribution is 7.71. The highest BCUT2D eigenvalue weighted by Crippen LogP contribution is 2.26. The maximum atomic E-state index is 12.8. The summed E-state index contributed by atoms with van der Waals surface area (Å²) < 4.78 is 7.47. The summed E-state index contributed by atoms with van der Waals surface area (Å²) in [6.45, 7) is 2.77. The van der Waals surface area contributed by atoms with Gasteiger partial charge in [0.1, 0.15) is 12.3 Å². The molecule has 3 aromatic rings. The number of hydrogen-bond acceptors (Lipinski definition) is 6. The van der Waals surface area contributed by atoms with Crippen molar-refractivity contribution >= 4 is 29.5 Å². The minimum atomic E-state index is -0.0805.